The van der Waals surface area contributed by atoms with Crippen LogP contribution in [0.4, 0.5) is 11.4 Å². The summed E-state index contributed by atoms with van der Waals surface area (Å²) in [5.74, 6) is 1.93. The first-order chi connectivity index (χ1) is 21.2. The molecule has 232 valence electrons. The van der Waals surface area contributed by atoms with Gasteiger partial charge in [-0.05, 0) is 37.8 Å². The van der Waals surface area contributed by atoms with Crippen molar-refractivity contribution in [2.45, 2.75) is 50.0 Å². The van der Waals surface area contributed by atoms with Crippen LogP contribution in [0.3, 0.4) is 0 Å². The van der Waals surface area contributed by atoms with Gasteiger partial charge in [0, 0.05) is 49.6 Å². The van der Waals surface area contributed by atoms with Crippen LogP contribution in [0, 0.1) is 0 Å². The highest BCUT2D eigenvalue weighted by molar-refractivity contribution is 6.04. The standard InChI is InChI=1S/C33H39N5O6/c1-20-10-22-16-35-25-13-29(27(41-3)11-23(25)31(39)37(22)17-20)43-8-6-5-7-9-44-30-14-26-24(12-28(30)42-4)32(40)38-18-21(2)15-33(38,34)19-36-26/h11-14,16,19,22,31,39H,1-2,5-10,15,17-18,34H2,3-4H3/t22-,31?,33-/m0/s1. The maximum absolute atomic E-state index is 13.3. The summed E-state index contributed by atoms with van der Waals surface area (Å²) < 4.78 is 23.3. The van der Waals surface area contributed by atoms with E-state index in [2.05, 4.69) is 23.1 Å². The Hall–Kier alpha value is -4.19. The molecule has 0 bridgehead atoms. The normalized spacial score (nSPS) is 23.9. The van der Waals surface area contributed by atoms with Gasteiger partial charge in [0.2, 0.25) is 0 Å². The number of hydrogen-bond donors (Lipinski definition) is 2. The van der Waals surface area contributed by atoms with E-state index in [0.29, 0.717) is 78.2 Å². The third-order valence-corrected chi connectivity index (χ3v) is 8.53. The third kappa shape index (κ3) is 5.58. The molecule has 0 aromatic heterocycles. The summed E-state index contributed by atoms with van der Waals surface area (Å²) in [6, 6.07) is 7.07. The van der Waals surface area contributed by atoms with Crippen LogP contribution in [-0.4, -0.2) is 85.5 Å². The lowest BCUT2D eigenvalue weighted by atomic mass is 10.1. The summed E-state index contributed by atoms with van der Waals surface area (Å²) in [6.45, 7) is 10.0. The average Bonchev–Trinajstić information content (AvgIpc) is 3.48. The van der Waals surface area contributed by atoms with Crippen molar-refractivity contribution in [1.29, 1.82) is 0 Å². The second-order valence-electron chi connectivity index (χ2n) is 11.8. The number of nitrogens with two attached hydrogens (primary N) is 1. The van der Waals surface area contributed by atoms with Crippen molar-refractivity contribution in [1.82, 2.24) is 9.80 Å². The molecule has 0 spiro atoms. The number of nitrogens with zero attached hydrogens (tertiary/aromatic N) is 4. The topological polar surface area (TPSA) is 131 Å². The minimum absolute atomic E-state index is 0.0279. The zero-order chi connectivity index (χ0) is 31.0. The van der Waals surface area contributed by atoms with Crippen LogP contribution in [0.1, 0.15) is 54.3 Å². The number of carbonyl (C=O) groups is 1. The van der Waals surface area contributed by atoms with Gasteiger partial charge >= 0.3 is 0 Å². The summed E-state index contributed by atoms with van der Waals surface area (Å²) in [7, 11) is 3.13. The van der Waals surface area contributed by atoms with Crippen LogP contribution in [-0.2, 0) is 0 Å². The Labute approximate surface area is 257 Å². The molecule has 4 heterocycles. The second kappa shape index (κ2) is 12.1. The molecule has 1 amide bonds. The molecule has 0 saturated carbocycles. The summed E-state index contributed by atoms with van der Waals surface area (Å²) in [6.07, 6.45) is 6.42. The number of aliphatic imine (C=N–C) groups is 2. The quantitative estimate of drug-likeness (QED) is 0.302. The van der Waals surface area contributed by atoms with E-state index in [1.54, 1.807) is 37.5 Å². The van der Waals surface area contributed by atoms with Crippen molar-refractivity contribution in [3.8, 4) is 23.0 Å². The van der Waals surface area contributed by atoms with Gasteiger partial charge in [0.25, 0.3) is 5.91 Å². The van der Waals surface area contributed by atoms with Crippen LogP contribution in [0.2, 0.25) is 0 Å². The number of aliphatic hydroxyl groups excluding tert-OH is 1. The molecule has 2 saturated heterocycles. The monoisotopic (exact) mass is 601 g/mol. The van der Waals surface area contributed by atoms with Gasteiger partial charge in [-0.15, -0.1) is 0 Å². The lowest BCUT2D eigenvalue weighted by molar-refractivity contribution is 0.0112. The van der Waals surface area contributed by atoms with Crippen LogP contribution >= 0.6 is 0 Å². The Morgan fingerprint density at radius 3 is 2.32 bits per heavy atom. The predicted octanol–water partition coefficient (Wildman–Crippen LogP) is 4.44. The lowest BCUT2D eigenvalue weighted by Crippen LogP contribution is -2.54. The van der Waals surface area contributed by atoms with Gasteiger partial charge in [0.1, 0.15) is 11.9 Å². The fraction of sp³-hybridized carbons (Fsp3) is 0.424. The molecule has 6 rings (SSSR count). The van der Waals surface area contributed by atoms with E-state index in [1.165, 1.54) is 0 Å². The maximum Gasteiger partial charge on any atom is 0.258 e. The molecular formula is C33H39N5O6. The van der Waals surface area contributed by atoms with E-state index >= 15 is 0 Å². The molecule has 3 atom stereocenters. The molecule has 0 aliphatic carbocycles. The molecule has 3 N–H and O–H groups in total. The number of amides is 1. The van der Waals surface area contributed by atoms with Crippen LogP contribution in [0.15, 0.2) is 58.6 Å². The average molecular weight is 602 g/mol. The van der Waals surface area contributed by atoms with Crippen molar-refractivity contribution < 1.29 is 28.8 Å². The first kappa shape index (κ1) is 29.9. The number of benzene rings is 2. The Morgan fingerprint density at radius 2 is 1.61 bits per heavy atom. The number of aliphatic hydroxyl groups is 1. The van der Waals surface area contributed by atoms with E-state index in [1.807, 2.05) is 23.2 Å². The number of unbranched alkanes of at least 4 members (excludes halogenated alkanes) is 2. The van der Waals surface area contributed by atoms with E-state index in [-0.39, 0.29) is 11.9 Å². The lowest BCUT2D eigenvalue weighted by Gasteiger charge is -2.29. The van der Waals surface area contributed by atoms with Crippen molar-refractivity contribution in [3.63, 3.8) is 0 Å². The van der Waals surface area contributed by atoms with Gasteiger partial charge in [-0.2, -0.15) is 0 Å². The molecule has 2 fully saturated rings. The molecule has 0 radical (unpaired) electrons. The molecule has 1 unspecified atom stereocenters. The molecule has 44 heavy (non-hydrogen) atoms. The van der Waals surface area contributed by atoms with Gasteiger partial charge in [0.15, 0.2) is 23.0 Å². The maximum atomic E-state index is 13.3. The Morgan fingerprint density at radius 1 is 0.932 bits per heavy atom. The second-order valence-corrected chi connectivity index (χ2v) is 11.8. The van der Waals surface area contributed by atoms with Gasteiger partial charge in [-0.3, -0.25) is 19.7 Å². The first-order valence-electron chi connectivity index (χ1n) is 14.9. The van der Waals surface area contributed by atoms with Gasteiger partial charge in [-0.1, -0.05) is 24.3 Å². The smallest absolute Gasteiger partial charge is 0.258 e. The molecule has 4 aliphatic rings. The number of ether oxygens (including phenoxy) is 4. The fourth-order valence-electron chi connectivity index (χ4n) is 6.23. The predicted molar refractivity (Wildman–Crippen MR) is 168 cm³/mol. The minimum Gasteiger partial charge on any atom is -0.493 e. The summed E-state index contributed by atoms with van der Waals surface area (Å²) >= 11 is 0. The van der Waals surface area contributed by atoms with Gasteiger partial charge in [0.05, 0.1) is 50.4 Å². The van der Waals surface area contributed by atoms with Crippen LogP contribution in [0.25, 0.3) is 0 Å². The van der Waals surface area contributed by atoms with E-state index in [0.717, 1.165) is 36.8 Å². The third-order valence-electron chi connectivity index (χ3n) is 8.53. The summed E-state index contributed by atoms with van der Waals surface area (Å²) in [5.41, 5.74) is 9.77. The Bertz CT molecular complexity index is 1550. The van der Waals surface area contributed by atoms with Gasteiger partial charge in [-0.25, -0.2) is 0 Å². The largest absolute Gasteiger partial charge is 0.493 e. The van der Waals surface area contributed by atoms with E-state index < -0.39 is 11.9 Å². The highest BCUT2D eigenvalue weighted by Crippen LogP contribution is 2.43. The van der Waals surface area contributed by atoms with Crippen molar-refractivity contribution in [2.24, 2.45) is 15.7 Å². The number of fused-ring (bicyclic) bond motifs is 4. The van der Waals surface area contributed by atoms with Crippen molar-refractivity contribution >= 4 is 29.7 Å². The van der Waals surface area contributed by atoms with E-state index in [4.69, 9.17) is 24.7 Å². The van der Waals surface area contributed by atoms with Gasteiger partial charge < -0.3 is 34.7 Å². The van der Waals surface area contributed by atoms with Crippen LogP contribution in [0.5, 0.6) is 23.0 Å². The van der Waals surface area contributed by atoms with Crippen molar-refractivity contribution in [2.75, 3.05) is 40.5 Å². The highest BCUT2D eigenvalue weighted by atomic mass is 16.5. The number of methoxy groups -OCH3 is 2. The van der Waals surface area contributed by atoms with Crippen LogP contribution < -0.4 is 24.7 Å². The molecule has 11 heteroatoms. The summed E-state index contributed by atoms with van der Waals surface area (Å²) in [4.78, 5) is 26.1. The number of hydrogen-bond acceptors (Lipinski definition) is 10. The Balaban J connectivity index is 1.03. The number of carbonyl (C=O) groups excluding carboxylic acids is 1. The Kier molecular flexibility index (Phi) is 8.19. The SMILES string of the molecule is C=C1C[C@H]2C=Nc3cc(OCCCCCOc4cc5c(cc4OC)C(=O)N4CC(=C)C[C@@]4(N)C=N5)c(OC)cc3C(O)N2C1. The van der Waals surface area contributed by atoms with Crippen molar-refractivity contribution in [3.05, 3.63) is 59.7 Å². The zero-order valence-corrected chi connectivity index (χ0v) is 25.3. The highest BCUT2D eigenvalue weighted by Gasteiger charge is 2.43. The molecule has 2 aromatic rings. The zero-order valence-electron chi connectivity index (χ0n) is 25.3. The molecular weight excluding hydrogens is 562 g/mol. The minimum atomic E-state index is -0.979. The molecule has 4 aliphatic heterocycles. The molecule has 11 nitrogen and oxygen atoms in total. The fourth-order valence-corrected chi connectivity index (χ4v) is 6.23. The van der Waals surface area contributed by atoms with E-state index in [9.17, 15) is 9.90 Å². The first-order valence-corrected chi connectivity index (χ1v) is 14.9. The number of rotatable bonds is 10. The molecule has 2 aromatic carbocycles. The summed E-state index contributed by atoms with van der Waals surface area (Å²) in [5, 5.41) is 11.0.